The van der Waals surface area contributed by atoms with Gasteiger partial charge in [0.05, 0.1) is 40.9 Å². The molecule has 2 aromatic carbocycles. The van der Waals surface area contributed by atoms with E-state index in [1.807, 2.05) is 39.8 Å². The van der Waals surface area contributed by atoms with E-state index in [2.05, 4.69) is 16.4 Å². The van der Waals surface area contributed by atoms with Crippen molar-refractivity contribution in [2.75, 3.05) is 26.2 Å². The van der Waals surface area contributed by atoms with Crippen molar-refractivity contribution in [3.8, 4) is 16.9 Å². The van der Waals surface area contributed by atoms with E-state index in [9.17, 15) is 9.59 Å². The summed E-state index contributed by atoms with van der Waals surface area (Å²) in [5.74, 6) is 0.383. The van der Waals surface area contributed by atoms with Crippen molar-refractivity contribution in [3.63, 3.8) is 0 Å². The predicted octanol–water partition coefficient (Wildman–Crippen LogP) is 4.83. The number of quaternary nitrogens is 1. The number of carbonyl (C=O) groups excluding carboxylic acids is 1. The number of pyridine rings is 1. The molecule has 36 heavy (non-hydrogen) atoms. The summed E-state index contributed by atoms with van der Waals surface area (Å²) in [5.41, 5.74) is 4.18. The molecule has 192 valence electrons. The molecular weight excluding hydrogens is 474 g/mol. The Balaban J connectivity index is 1.86. The van der Waals surface area contributed by atoms with E-state index in [0.29, 0.717) is 58.5 Å². The fourth-order valence-corrected chi connectivity index (χ4v) is 5.50. The van der Waals surface area contributed by atoms with E-state index < -0.39 is 0 Å². The molecule has 1 aliphatic heterocycles. The van der Waals surface area contributed by atoms with Crippen LogP contribution in [0.2, 0.25) is 5.02 Å². The smallest absolute Gasteiger partial charge is 0.260 e. The maximum absolute atomic E-state index is 13.4. The van der Waals surface area contributed by atoms with Gasteiger partial charge < -0.3 is 19.9 Å². The summed E-state index contributed by atoms with van der Waals surface area (Å²) in [6.07, 6.45) is 4.59. The third-order valence-electron chi connectivity index (χ3n) is 7.11. The van der Waals surface area contributed by atoms with Crippen LogP contribution in [0.4, 0.5) is 0 Å². The Morgan fingerprint density at radius 3 is 2.47 bits per heavy atom. The zero-order valence-corrected chi connectivity index (χ0v) is 22.5. The van der Waals surface area contributed by atoms with Gasteiger partial charge in [0.1, 0.15) is 5.75 Å². The van der Waals surface area contributed by atoms with E-state index in [4.69, 9.17) is 16.3 Å². The number of benzene rings is 2. The van der Waals surface area contributed by atoms with Gasteiger partial charge >= 0.3 is 0 Å². The van der Waals surface area contributed by atoms with Gasteiger partial charge in [-0.05, 0) is 64.7 Å². The summed E-state index contributed by atoms with van der Waals surface area (Å²) >= 11 is 6.55. The van der Waals surface area contributed by atoms with Gasteiger partial charge in [0.25, 0.3) is 11.5 Å². The number of nitrogens with two attached hydrogens (primary N) is 1. The number of aromatic nitrogens is 1. The minimum atomic E-state index is -0.231. The number of carbonyl (C=O) groups is 1. The summed E-state index contributed by atoms with van der Waals surface area (Å²) in [6, 6.07) is 10.1. The Kier molecular flexibility index (Phi) is 8.37. The van der Waals surface area contributed by atoms with Crippen LogP contribution >= 0.6 is 11.6 Å². The second kappa shape index (κ2) is 11.5. The van der Waals surface area contributed by atoms with Gasteiger partial charge in [0, 0.05) is 24.9 Å². The number of piperidine rings is 1. The first kappa shape index (κ1) is 26.2. The number of halogens is 1. The average Bonchev–Trinajstić information content (AvgIpc) is 2.84. The lowest BCUT2D eigenvalue weighted by molar-refractivity contribution is -0.698. The Labute approximate surface area is 218 Å². The van der Waals surface area contributed by atoms with Crippen molar-refractivity contribution >= 4 is 28.4 Å². The molecule has 1 saturated heterocycles. The van der Waals surface area contributed by atoms with Crippen LogP contribution in [-0.4, -0.2) is 48.1 Å². The number of ether oxygens (including phenoxy) is 1. The van der Waals surface area contributed by atoms with E-state index in [-0.39, 0.29) is 11.5 Å². The van der Waals surface area contributed by atoms with Gasteiger partial charge in [-0.2, -0.15) is 0 Å². The molecule has 1 aromatic heterocycles. The Morgan fingerprint density at radius 2 is 1.83 bits per heavy atom. The standard InChI is InChI=1S/C29H36ClN3O3/c1-5-33(6-2)29(35)22-16-23-25(17-24(22)30)32-28(34)26(20-14-18(3)13-19(4)15-20)27(23)36-12-10-21-9-7-8-11-31-21/h13-17,21,31H,5-12H2,1-4H3,(H,32,34)/p+1. The van der Waals surface area contributed by atoms with E-state index >= 15 is 0 Å². The van der Waals surface area contributed by atoms with Gasteiger partial charge in [-0.3, -0.25) is 9.59 Å². The summed E-state index contributed by atoms with van der Waals surface area (Å²) in [4.78, 5) is 31.4. The molecule has 0 saturated carbocycles. The van der Waals surface area contributed by atoms with E-state index in [1.54, 1.807) is 17.0 Å². The Morgan fingerprint density at radius 1 is 1.11 bits per heavy atom. The Bertz CT molecular complexity index is 1290. The number of nitrogens with one attached hydrogen (secondary N) is 1. The summed E-state index contributed by atoms with van der Waals surface area (Å²) in [7, 11) is 0. The molecule has 0 aliphatic carbocycles. The van der Waals surface area contributed by atoms with Crippen LogP contribution in [0.1, 0.15) is 61.0 Å². The van der Waals surface area contributed by atoms with Crippen molar-refractivity contribution in [2.24, 2.45) is 0 Å². The van der Waals surface area contributed by atoms with Gasteiger partial charge in [0.2, 0.25) is 0 Å². The number of rotatable bonds is 8. The van der Waals surface area contributed by atoms with Crippen LogP contribution < -0.4 is 15.6 Å². The minimum Gasteiger partial charge on any atom is -0.492 e. The second-order valence-electron chi connectivity index (χ2n) is 9.81. The Hall–Kier alpha value is -2.83. The summed E-state index contributed by atoms with van der Waals surface area (Å²) in [6.45, 7) is 10.8. The number of nitrogens with zero attached hydrogens (tertiary/aromatic N) is 1. The molecule has 1 atom stereocenters. The second-order valence-corrected chi connectivity index (χ2v) is 10.2. The van der Waals surface area contributed by atoms with E-state index in [0.717, 1.165) is 29.7 Å². The lowest BCUT2D eigenvalue weighted by atomic mass is 9.98. The number of aryl methyl sites for hydroxylation is 2. The number of hydrogen-bond donors (Lipinski definition) is 2. The molecule has 1 unspecified atom stereocenters. The summed E-state index contributed by atoms with van der Waals surface area (Å²) in [5, 5.41) is 3.40. The third-order valence-corrected chi connectivity index (χ3v) is 7.42. The molecule has 1 amide bonds. The van der Waals surface area contributed by atoms with Crippen molar-refractivity contribution in [3.05, 3.63) is 62.4 Å². The van der Waals surface area contributed by atoms with Gasteiger partial charge in [0.15, 0.2) is 0 Å². The first-order valence-corrected chi connectivity index (χ1v) is 13.4. The third kappa shape index (κ3) is 5.60. The van der Waals surface area contributed by atoms with Crippen LogP contribution in [0.25, 0.3) is 22.0 Å². The van der Waals surface area contributed by atoms with Crippen molar-refractivity contribution in [1.29, 1.82) is 0 Å². The highest BCUT2D eigenvalue weighted by Crippen LogP contribution is 2.37. The van der Waals surface area contributed by atoms with Crippen LogP contribution in [-0.2, 0) is 0 Å². The highest BCUT2D eigenvalue weighted by molar-refractivity contribution is 6.34. The molecule has 6 nitrogen and oxygen atoms in total. The molecule has 0 radical (unpaired) electrons. The quantitative estimate of drug-likeness (QED) is 0.455. The average molecular weight is 511 g/mol. The van der Waals surface area contributed by atoms with Gasteiger partial charge in [-0.15, -0.1) is 0 Å². The zero-order valence-electron chi connectivity index (χ0n) is 21.7. The predicted molar refractivity (Wildman–Crippen MR) is 146 cm³/mol. The zero-order chi connectivity index (χ0) is 25.8. The monoisotopic (exact) mass is 510 g/mol. The molecule has 3 aromatic rings. The molecule has 3 N–H and O–H groups in total. The lowest BCUT2D eigenvalue weighted by Gasteiger charge is -2.22. The highest BCUT2D eigenvalue weighted by atomic mass is 35.5. The molecule has 7 heteroatoms. The maximum atomic E-state index is 13.4. The normalized spacial score (nSPS) is 15.8. The first-order chi connectivity index (χ1) is 17.3. The number of fused-ring (bicyclic) bond motifs is 1. The maximum Gasteiger partial charge on any atom is 0.260 e. The van der Waals surface area contributed by atoms with Crippen LogP contribution in [0.5, 0.6) is 5.75 Å². The highest BCUT2D eigenvalue weighted by Gasteiger charge is 2.23. The largest absolute Gasteiger partial charge is 0.492 e. The van der Waals surface area contributed by atoms with Gasteiger partial charge in [-0.1, -0.05) is 40.9 Å². The first-order valence-electron chi connectivity index (χ1n) is 13.1. The van der Waals surface area contributed by atoms with E-state index in [1.165, 1.54) is 19.3 Å². The molecule has 1 aliphatic rings. The topological polar surface area (TPSA) is 79.0 Å². The van der Waals surface area contributed by atoms with Crippen molar-refractivity contribution in [2.45, 2.75) is 59.4 Å². The SMILES string of the molecule is CCN(CC)C(=O)c1cc2c(OCCC3CCCC[NH2+]3)c(-c3cc(C)cc(C)c3)c(=O)[nH]c2cc1Cl. The molecular formula is C29H37ClN3O3+. The minimum absolute atomic E-state index is 0.131. The molecule has 0 bridgehead atoms. The number of amides is 1. The van der Waals surface area contributed by atoms with Crippen LogP contribution in [0, 0.1) is 13.8 Å². The van der Waals surface area contributed by atoms with Gasteiger partial charge in [-0.25, -0.2) is 0 Å². The summed E-state index contributed by atoms with van der Waals surface area (Å²) < 4.78 is 6.45. The van der Waals surface area contributed by atoms with Crippen LogP contribution in [0.15, 0.2) is 35.1 Å². The number of aromatic amines is 1. The molecule has 0 spiro atoms. The fraction of sp³-hybridized carbons (Fsp3) is 0.448. The number of H-pyrrole nitrogens is 1. The fourth-order valence-electron chi connectivity index (χ4n) is 5.26. The van der Waals surface area contributed by atoms with Crippen molar-refractivity contribution in [1.82, 2.24) is 9.88 Å². The molecule has 4 rings (SSSR count). The molecule has 1 fully saturated rings. The van der Waals surface area contributed by atoms with Crippen LogP contribution in [0.3, 0.4) is 0 Å². The number of hydrogen-bond acceptors (Lipinski definition) is 3. The lowest BCUT2D eigenvalue weighted by Crippen LogP contribution is -2.91. The van der Waals surface area contributed by atoms with Crippen molar-refractivity contribution < 1.29 is 14.8 Å². The molecule has 2 heterocycles.